The van der Waals surface area contributed by atoms with Gasteiger partial charge in [0, 0.05) is 26.4 Å². The van der Waals surface area contributed by atoms with E-state index in [4.69, 9.17) is 9.47 Å². The van der Waals surface area contributed by atoms with Gasteiger partial charge in [0.2, 0.25) is 5.43 Å². The number of rotatable bonds is 9. The van der Waals surface area contributed by atoms with Crippen LogP contribution in [0.15, 0.2) is 71.7 Å². The van der Waals surface area contributed by atoms with Gasteiger partial charge >= 0.3 is 5.97 Å². The summed E-state index contributed by atoms with van der Waals surface area (Å²) in [5, 5.41) is 9.71. The number of carbonyl (C=O) groups is 2. The number of hydrogen-bond acceptors (Lipinski definition) is 5. The Balaban J connectivity index is 1.82. The van der Waals surface area contributed by atoms with Gasteiger partial charge in [0.05, 0.1) is 12.6 Å². The predicted molar refractivity (Wildman–Crippen MR) is 125 cm³/mol. The highest BCUT2D eigenvalue weighted by Gasteiger charge is 2.36. The van der Waals surface area contributed by atoms with Gasteiger partial charge in [0.1, 0.15) is 12.2 Å². The summed E-state index contributed by atoms with van der Waals surface area (Å²) in [7, 11) is 1.56. The minimum absolute atomic E-state index is 0.0286. The lowest BCUT2D eigenvalue weighted by atomic mass is 10.0. The average Bonchev–Trinajstić information content (AvgIpc) is 2.85. The smallest absolute Gasteiger partial charge is 0.341 e. The molecule has 1 atom stereocenters. The second kappa shape index (κ2) is 10.4. The zero-order valence-corrected chi connectivity index (χ0v) is 18.8. The average molecular weight is 463 g/mol. The monoisotopic (exact) mass is 462 g/mol. The van der Waals surface area contributed by atoms with Crippen LogP contribution in [-0.2, 0) is 17.8 Å². The van der Waals surface area contributed by atoms with Crippen molar-refractivity contribution in [3.63, 3.8) is 0 Å². The van der Waals surface area contributed by atoms with Crippen LogP contribution in [0.5, 0.6) is 5.75 Å². The van der Waals surface area contributed by atoms with E-state index < -0.39 is 22.9 Å². The molecule has 0 aliphatic carbocycles. The van der Waals surface area contributed by atoms with Crippen molar-refractivity contribution in [2.24, 2.45) is 0 Å². The fourth-order valence-corrected chi connectivity index (χ4v) is 4.14. The molecule has 8 heteroatoms. The van der Waals surface area contributed by atoms with Gasteiger partial charge in [-0.2, -0.15) is 0 Å². The summed E-state index contributed by atoms with van der Waals surface area (Å²) in [5.41, 5.74) is 0.649. The van der Waals surface area contributed by atoms with Crippen LogP contribution in [0.2, 0.25) is 0 Å². The van der Waals surface area contributed by atoms with Crippen LogP contribution < -0.4 is 10.2 Å². The lowest BCUT2D eigenvalue weighted by Crippen LogP contribution is -2.47. The molecule has 0 spiro atoms. The number of ether oxygens (including phenoxy) is 2. The maximum Gasteiger partial charge on any atom is 0.341 e. The molecule has 2 aromatic carbocycles. The standard InChI is InChI=1S/C26H26N2O6/c1-33-13-12-27-15-20(14-18-8-4-2-5-9-18)28-16-21(26(31)32)23(29)24(22(28)25(27)30)34-17-19-10-6-3-7-11-19/h2-11,16,20H,12-15,17H2,1H3,(H,31,32)/t20-/m0/s1. The molecule has 1 aliphatic heterocycles. The van der Waals surface area contributed by atoms with Gasteiger partial charge in [-0.05, 0) is 17.5 Å². The predicted octanol–water partition coefficient (Wildman–Crippen LogP) is 3.01. The Morgan fingerprint density at radius 3 is 2.29 bits per heavy atom. The van der Waals surface area contributed by atoms with Crippen molar-refractivity contribution >= 4 is 11.9 Å². The fourth-order valence-electron chi connectivity index (χ4n) is 4.14. The van der Waals surface area contributed by atoms with E-state index in [1.54, 1.807) is 16.6 Å². The first kappa shape index (κ1) is 23.3. The molecular formula is C26H26N2O6. The molecule has 0 unspecified atom stereocenters. The van der Waals surface area contributed by atoms with E-state index in [-0.39, 0.29) is 24.1 Å². The molecule has 0 radical (unpaired) electrons. The van der Waals surface area contributed by atoms with Crippen LogP contribution in [0, 0.1) is 0 Å². The molecule has 8 nitrogen and oxygen atoms in total. The first-order chi connectivity index (χ1) is 16.5. The molecule has 1 aromatic heterocycles. The van der Waals surface area contributed by atoms with Crippen molar-refractivity contribution in [1.82, 2.24) is 9.47 Å². The molecule has 34 heavy (non-hydrogen) atoms. The minimum Gasteiger partial charge on any atom is -0.483 e. The van der Waals surface area contributed by atoms with Gasteiger partial charge in [0.15, 0.2) is 11.4 Å². The summed E-state index contributed by atoms with van der Waals surface area (Å²) in [5.74, 6) is -2.00. The van der Waals surface area contributed by atoms with E-state index in [9.17, 15) is 19.5 Å². The molecule has 0 bridgehead atoms. The zero-order chi connectivity index (χ0) is 24.1. The Morgan fingerprint density at radius 1 is 1.03 bits per heavy atom. The number of hydrogen-bond donors (Lipinski definition) is 1. The van der Waals surface area contributed by atoms with Gasteiger partial charge in [0.25, 0.3) is 5.91 Å². The van der Waals surface area contributed by atoms with Crippen molar-refractivity contribution in [2.45, 2.75) is 19.1 Å². The number of aromatic carboxylic acids is 1. The summed E-state index contributed by atoms with van der Waals surface area (Å²) in [6.45, 7) is 1.06. The van der Waals surface area contributed by atoms with E-state index in [0.29, 0.717) is 26.1 Å². The number of fused-ring (bicyclic) bond motifs is 1. The summed E-state index contributed by atoms with van der Waals surface area (Å²) in [6.07, 6.45) is 1.82. The maximum atomic E-state index is 13.5. The molecular weight excluding hydrogens is 436 g/mol. The summed E-state index contributed by atoms with van der Waals surface area (Å²) < 4.78 is 12.6. The summed E-state index contributed by atoms with van der Waals surface area (Å²) in [4.78, 5) is 40.1. The van der Waals surface area contributed by atoms with Crippen molar-refractivity contribution in [3.8, 4) is 5.75 Å². The number of carboxylic acids is 1. The van der Waals surface area contributed by atoms with Crippen molar-refractivity contribution in [3.05, 3.63) is 99.5 Å². The largest absolute Gasteiger partial charge is 0.483 e. The Bertz CT molecular complexity index is 1220. The first-order valence-corrected chi connectivity index (χ1v) is 11.0. The van der Waals surface area contributed by atoms with Crippen molar-refractivity contribution < 1.29 is 24.2 Å². The third kappa shape index (κ3) is 4.87. The van der Waals surface area contributed by atoms with Crippen LogP contribution in [-0.4, -0.2) is 53.3 Å². The second-order valence-electron chi connectivity index (χ2n) is 8.12. The van der Waals surface area contributed by atoms with Crippen LogP contribution in [0.4, 0.5) is 0 Å². The number of carbonyl (C=O) groups excluding carboxylic acids is 1. The Morgan fingerprint density at radius 2 is 1.68 bits per heavy atom. The van der Waals surface area contributed by atoms with Gasteiger partial charge in [-0.3, -0.25) is 9.59 Å². The molecule has 2 heterocycles. The van der Waals surface area contributed by atoms with Gasteiger partial charge in [-0.25, -0.2) is 4.79 Å². The van der Waals surface area contributed by atoms with Crippen molar-refractivity contribution in [2.75, 3.05) is 26.8 Å². The lowest BCUT2D eigenvalue weighted by molar-refractivity contribution is 0.0582. The zero-order valence-electron chi connectivity index (χ0n) is 18.8. The third-order valence-corrected chi connectivity index (χ3v) is 5.84. The van der Waals surface area contributed by atoms with Crippen LogP contribution in [0.3, 0.4) is 0 Å². The number of pyridine rings is 1. The highest BCUT2D eigenvalue weighted by atomic mass is 16.5. The topological polar surface area (TPSA) is 98.1 Å². The second-order valence-corrected chi connectivity index (χ2v) is 8.12. The first-order valence-electron chi connectivity index (χ1n) is 11.0. The maximum absolute atomic E-state index is 13.5. The normalized spacial score (nSPS) is 15.1. The van der Waals surface area contributed by atoms with Gasteiger partial charge in [-0.1, -0.05) is 60.7 Å². The quantitative estimate of drug-likeness (QED) is 0.525. The summed E-state index contributed by atoms with van der Waals surface area (Å²) >= 11 is 0. The van der Waals surface area contributed by atoms with Crippen LogP contribution >= 0.6 is 0 Å². The van der Waals surface area contributed by atoms with E-state index in [1.165, 1.54) is 6.20 Å². The molecule has 1 N–H and O–H groups in total. The molecule has 1 aliphatic rings. The van der Waals surface area contributed by atoms with E-state index in [1.807, 2.05) is 60.7 Å². The van der Waals surface area contributed by atoms with E-state index in [2.05, 4.69) is 0 Å². The van der Waals surface area contributed by atoms with Crippen molar-refractivity contribution in [1.29, 1.82) is 0 Å². The number of methoxy groups -OCH3 is 1. The third-order valence-electron chi connectivity index (χ3n) is 5.84. The van der Waals surface area contributed by atoms with Gasteiger partial charge in [-0.15, -0.1) is 0 Å². The van der Waals surface area contributed by atoms with Gasteiger partial charge < -0.3 is 24.0 Å². The molecule has 0 saturated carbocycles. The molecule has 0 saturated heterocycles. The minimum atomic E-state index is -1.36. The lowest BCUT2D eigenvalue weighted by Gasteiger charge is -2.37. The number of carboxylic acid groups (broad SMARTS) is 1. The summed E-state index contributed by atoms with van der Waals surface area (Å²) in [6, 6.07) is 18.6. The van der Waals surface area contributed by atoms with Crippen LogP contribution in [0.25, 0.3) is 0 Å². The molecule has 1 amide bonds. The number of amides is 1. The van der Waals surface area contributed by atoms with Crippen LogP contribution in [0.1, 0.15) is 38.0 Å². The van der Waals surface area contributed by atoms with E-state index >= 15 is 0 Å². The Labute approximate surface area is 197 Å². The molecule has 3 aromatic rings. The Hall–Kier alpha value is -3.91. The number of aromatic nitrogens is 1. The highest BCUT2D eigenvalue weighted by Crippen LogP contribution is 2.30. The number of benzene rings is 2. The highest BCUT2D eigenvalue weighted by molar-refractivity contribution is 5.97. The Kier molecular flexibility index (Phi) is 7.08. The fraction of sp³-hybridized carbons (Fsp3) is 0.269. The molecule has 4 rings (SSSR count). The molecule has 0 fully saturated rings. The molecule has 176 valence electrons. The van der Waals surface area contributed by atoms with E-state index in [0.717, 1.165) is 11.1 Å². The number of nitrogens with zero attached hydrogens (tertiary/aromatic N) is 2. The SMILES string of the molecule is COCCN1C[C@H](Cc2ccccc2)n2cc(C(=O)O)c(=O)c(OCc3ccccc3)c2C1=O.